The lowest BCUT2D eigenvalue weighted by molar-refractivity contribution is 0.0528. The number of benzene rings is 4. The zero-order chi connectivity index (χ0) is 35.9. The van der Waals surface area contributed by atoms with Gasteiger partial charge in [-0.3, -0.25) is 4.90 Å². The van der Waals surface area contributed by atoms with Gasteiger partial charge < -0.3 is 19.5 Å². The van der Waals surface area contributed by atoms with Crippen LogP contribution in [0.25, 0.3) is 6.08 Å². The number of carbonyl (C=O) groups excluding carboxylic acids is 1. The summed E-state index contributed by atoms with van der Waals surface area (Å²) >= 11 is 0. The van der Waals surface area contributed by atoms with Gasteiger partial charge in [-0.2, -0.15) is 0 Å². The van der Waals surface area contributed by atoms with Crippen molar-refractivity contribution in [2.75, 3.05) is 19.7 Å². The third-order valence-electron chi connectivity index (χ3n) is 8.51. The minimum atomic E-state index is -0.506. The maximum Gasteiger partial charge on any atom is 0.407 e. The van der Waals surface area contributed by atoms with Crippen molar-refractivity contribution in [2.24, 2.45) is 0 Å². The Morgan fingerprint density at radius 2 is 1.46 bits per heavy atom. The van der Waals surface area contributed by atoms with Gasteiger partial charge in [0.2, 0.25) is 0 Å². The van der Waals surface area contributed by atoms with Crippen LogP contribution in [0.2, 0.25) is 0 Å². The second kappa shape index (κ2) is 19.0. The molecule has 0 saturated carbocycles. The second-order valence-electron chi connectivity index (χ2n) is 14.3. The summed E-state index contributed by atoms with van der Waals surface area (Å²) in [6.45, 7) is 17.1. The number of nitrogens with zero attached hydrogens (tertiary/aromatic N) is 1. The van der Waals surface area contributed by atoms with Crippen LogP contribution in [0.3, 0.4) is 0 Å². The van der Waals surface area contributed by atoms with E-state index in [9.17, 15) is 4.79 Å². The highest BCUT2D eigenvalue weighted by Crippen LogP contribution is 2.36. The van der Waals surface area contributed by atoms with Crippen LogP contribution in [-0.4, -0.2) is 48.4 Å². The van der Waals surface area contributed by atoms with Crippen molar-refractivity contribution in [3.8, 4) is 11.5 Å². The molecule has 266 valence electrons. The zero-order valence-electron chi connectivity index (χ0n) is 31.0. The molecule has 0 aliphatic rings. The zero-order valence-corrected chi connectivity index (χ0v) is 31.0. The summed E-state index contributed by atoms with van der Waals surface area (Å²) in [6.07, 6.45) is 5.47. The standard InChI is InChI=1S/C44H56N2O4/c1-33(2)46(34(3)4)29-27-40(38-18-12-9-13-19-38)41-31-36(22-25-42(41)49-32-37-15-10-8-11-16-37)17-14-30-48-39-23-20-35(21-24-39)26-28-45-43(47)50-44(5,6)7/h8-25,31,33-34,40H,26-30,32H2,1-7H3,(H,45,47)/t40-/m1/s1. The molecule has 0 aromatic heterocycles. The fourth-order valence-corrected chi connectivity index (χ4v) is 6.09. The number of alkyl carbamates (subject to hydrolysis) is 1. The molecule has 4 rings (SSSR count). The molecule has 0 heterocycles. The SMILES string of the molecule is CC(C)N(CC[C@H](c1ccccc1)c1cc(C=CCOc2ccc(CCNC(=O)OC(C)(C)C)cc2)ccc1OCc1ccccc1)C(C)C. The van der Waals surface area contributed by atoms with E-state index in [1.54, 1.807) is 0 Å². The molecule has 0 fully saturated rings. The molecule has 6 nitrogen and oxygen atoms in total. The maximum atomic E-state index is 11.9. The van der Waals surface area contributed by atoms with Gasteiger partial charge >= 0.3 is 6.09 Å². The summed E-state index contributed by atoms with van der Waals surface area (Å²) in [7, 11) is 0. The number of hydrogen-bond donors (Lipinski definition) is 1. The molecule has 0 aliphatic carbocycles. The molecule has 4 aromatic rings. The molecule has 6 heteroatoms. The first-order chi connectivity index (χ1) is 24.0. The molecule has 50 heavy (non-hydrogen) atoms. The van der Waals surface area contributed by atoms with Crippen molar-refractivity contribution in [3.63, 3.8) is 0 Å². The quantitative estimate of drug-likeness (QED) is 0.121. The van der Waals surface area contributed by atoms with Crippen LogP contribution < -0.4 is 14.8 Å². The Balaban J connectivity index is 1.46. The van der Waals surface area contributed by atoms with Crippen LogP contribution in [0.1, 0.15) is 88.6 Å². The average molecular weight is 677 g/mol. The Kier molecular flexibility index (Phi) is 14.5. The summed E-state index contributed by atoms with van der Waals surface area (Å²) in [5.74, 6) is 1.88. The summed E-state index contributed by atoms with van der Waals surface area (Å²) in [5, 5.41) is 2.81. The fraction of sp³-hybridized carbons (Fsp3) is 0.386. The van der Waals surface area contributed by atoms with E-state index in [-0.39, 0.29) is 5.92 Å². The third kappa shape index (κ3) is 12.7. The lowest BCUT2D eigenvalue weighted by atomic mass is 9.86. The number of carbonyl (C=O) groups is 1. The lowest BCUT2D eigenvalue weighted by Gasteiger charge is -2.32. The van der Waals surface area contributed by atoms with E-state index in [1.165, 1.54) is 11.1 Å². The molecule has 0 aliphatic heterocycles. The first-order valence-corrected chi connectivity index (χ1v) is 17.9. The van der Waals surface area contributed by atoms with E-state index in [0.29, 0.717) is 38.3 Å². The number of amides is 1. The highest BCUT2D eigenvalue weighted by molar-refractivity contribution is 5.67. The largest absolute Gasteiger partial charge is 0.490 e. The summed E-state index contributed by atoms with van der Waals surface area (Å²) in [6, 6.07) is 36.6. The molecular weight excluding hydrogens is 620 g/mol. The van der Waals surface area contributed by atoms with Gasteiger partial charge in [0.25, 0.3) is 0 Å². The van der Waals surface area contributed by atoms with Crippen LogP contribution in [0, 0.1) is 0 Å². The Bertz CT molecular complexity index is 1600. The molecule has 0 saturated heterocycles. The molecule has 0 bridgehead atoms. The monoisotopic (exact) mass is 676 g/mol. The van der Waals surface area contributed by atoms with Crippen molar-refractivity contribution in [3.05, 3.63) is 137 Å². The smallest absolute Gasteiger partial charge is 0.407 e. The van der Waals surface area contributed by atoms with Crippen LogP contribution in [0.5, 0.6) is 11.5 Å². The minimum absolute atomic E-state index is 0.171. The Labute approximate surface area is 300 Å². The highest BCUT2D eigenvalue weighted by atomic mass is 16.6. The van der Waals surface area contributed by atoms with E-state index < -0.39 is 11.7 Å². The Morgan fingerprint density at radius 3 is 2.10 bits per heavy atom. The molecular formula is C44H56N2O4. The molecule has 4 aromatic carbocycles. The van der Waals surface area contributed by atoms with Gasteiger partial charge in [0.1, 0.15) is 30.3 Å². The van der Waals surface area contributed by atoms with Crippen LogP contribution in [-0.2, 0) is 17.8 Å². The first-order valence-electron chi connectivity index (χ1n) is 17.9. The maximum absolute atomic E-state index is 11.9. The van der Waals surface area contributed by atoms with Crippen molar-refractivity contribution >= 4 is 12.2 Å². The Morgan fingerprint density at radius 1 is 0.800 bits per heavy atom. The predicted molar refractivity (Wildman–Crippen MR) is 206 cm³/mol. The van der Waals surface area contributed by atoms with Gasteiger partial charge in [-0.05, 0) is 120 Å². The van der Waals surface area contributed by atoms with Gasteiger partial charge in [0.05, 0.1) is 0 Å². The molecule has 1 amide bonds. The molecule has 0 spiro atoms. The van der Waals surface area contributed by atoms with E-state index in [2.05, 4.69) is 123 Å². The molecule has 0 radical (unpaired) electrons. The van der Waals surface area contributed by atoms with Crippen LogP contribution in [0.4, 0.5) is 4.79 Å². The van der Waals surface area contributed by atoms with Gasteiger partial charge in [-0.15, -0.1) is 0 Å². The average Bonchev–Trinajstić information content (AvgIpc) is 3.08. The van der Waals surface area contributed by atoms with Crippen molar-refractivity contribution in [1.29, 1.82) is 0 Å². The minimum Gasteiger partial charge on any atom is -0.490 e. The van der Waals surface area contributed by atoms with Crippen LogP contribution >= 0.6 is 0 Å². The van der Waals surface area contributed by atoms with Gasteiger partial charge in [0, 0.05) is 30.1 Å². The number of rotatable bonds is 17. The van der Waals surface area contributed by atoms with Crippen molar-refractivity contribution in [2.45, 2.75) is 91.5 Å². The van der Waals surface area contributed by atoms with Gasteiger partial charge in [0.15, 0.2) is 0 Å². The van der Waals surface area contributed by atoms with E-state index in [0.717, 1.165) is 41.2 Å². The summed E-state index contributed by atoms with van der Waals surface area (Å²) < 4.78 is 17.9. The molecule has 0 unspecified atom stereocenters. The van der Waals surface area contributed by atoms with Gasteiger partial charge in [-0.25, -0.2) is 4.79 Å². The van der Waals surface area contributed by atoms with E-state index in [1.807, 2.05) is 51.1 Å². The highest BCUT2D eigenvalue weighted by Gasteiger charge is 2.22. The first kappa shape index (κ1) is 38.3. The summed E-state index contributed by atoms with van der Waals surface area (Å²) in [4.78, 5) is 14.5. The topological polar surface area (TPSA) is 60.0 Å². The number of hydrogen-bond acceptors (Lipinski definition) is 5. The van der Waals surface area contributed by atoms with E-state index >= 15 is 0 Å². The second-order valence-corrected chi connectivity index (χ2v) is 14.3. The number of ether oxygens (including phenoxy) is 3. The number of nitrogens with one attached hydrogen (secondary N) is 1. The van der Waals surface area contributed by atoms with Crippen LogP contribution in [0.15, 0.2) is 109 Å². The Hall–Kier alpha value is -4.55. The van der Waals surface area contributed by atoms with Gasteiger partial charge in [-0.1, -0.05) is 84.9 Å². The normalized spacial score (nSPS) is 12.4. The van der Waals surface area contributed by atoms with Crippen molar-refractivity contribution < 1.29 is 19.0 Å². The van der Waals surface area contributed by atoms with Crippen molar-refractivity contribution in [1.82, 2.24) is 10.2 Å². The third-order valence-corrected chi connectivity index (χ3v) is 8.51. The van der Waals surface area contributed by atoms with E-state index in [4.69, 9.17) is 14.2 Å². The molecule has 1 N–H and O–H groups in total. The predicted octanol–water partition coefficient (Wildman–Crippen LogP) is 10.1. The summed E-state index contributed by atoms with van der Waals surface area (Å²) in [5.41, 5.74) is 5.34. The lowest BCUT2D eigenvalue weighted by Crippen LogP contribution is -2.38. The molecule has 1 atom stereocenters. The fourth-order valence-electron chi connectivity index (χ4n) is 6.09.